The van der Waals surface area contributed by atoms with Gasteiger partial charge >= 0.3 is 6.03 Å². The lowest BCUT2D eigenvalue weighted by Gasteiger charge is -2.33. The van der Waals surface area contributed by atoms with Crippen LogP contribution in [0, 0.1) is 5.92 Å². The number of carbonyl (C=O) groups is 2. The van der Waals surface area contributed by atoms with Gasteiger partial charge in [0.25, 0.3) is 0 Å². The number of likely N-dealkylation sites (tertiary alicyclic amines) is 1. The lowest BCUT2D eigenvalue weighted by molar-refractivity contribution is -0.127. The summed E-state index contributed by atoms with van der Waals surface area (Å²) in [5.41, 5.74) is 0. The summed E-state index contributed by atoms with van der Waals surface area (Å²) in [6, 6.07) is 0.0597. The van der Waals surface area contributed by atoms with E-state index in [0.29, 0.717) is 32.4 Å². The van der Waals surface area contributed by atoms with Gasteiger partial charge in [0.2, 0.25) is 5.91 Å². The average molecular weight is 285 g/mol. The first kappa shape index (κ1) is 16.8. The van der Waals surface area contributed by atoms with E-state index >= 15 is 0 Å². The van der Waals surface area contributed by atoms with Crippen molar-refractivity contribution in [3.8, 4) is 0 Å². The molecule has 1 aliphatic heterocycles. The summed E-state index contributed by atoms with van der Waals surface area (Å²) in [6.07, 6.45) is 2.84. The van der Waals surface area contributed by atoms with Gasteiger partial charge in [0, 0.05) is 45.8 Å². The van der Waals surface area contributed by atoms with E-state index in [4.69, 9.17) is 5.11 Å². The Bertz CT molecular complexity index is 326. The number of hydrogen-bond acceptors (Lipinski definition) is 3. The second kappa shape index (κ2) is 8.09. The van der Waals surface area contributed by atoms with Gasteiger partial charge in [-0.25, -0.2) is 4.79 Å². The zero-order chi connectivity index (χ0) is 15.1. The third-order valence-electron chi connectivity index (χ3n) is 3.84. The van der Waals surface area contributed by atoms with Crippen LogP contribution < -0.4 is 5.32 Å². The quantitative estimate of drug-likeness (QED) is 0.779. The smallest absolute Gasteiger partial charge is 0.319 e. The van der Waals surface area contributed by atoms with Gasteiger partial charge in [-0.15, -0.1) is 0 Å². The molecule has 20 heavy (non-hydrogen) atoms. The topological polar surface area (TPSA) is 72.9 Å². The van der Waals surface area contributed by atoms with Crippen molar-refractivity contribution < 1.29 is 14.7 Å². The predicted octanol–water partition coefficient (Wildman–Crippen LogP) is 0.657. The van der Waals surface area contributed by atoms with Crippen molar-refractivity contribution in [2.75, 3.05) is 33.8 Å². The fourth-order valence-corrected chi connectivity index (χ4v) is 2.47. The molecular weight excluding hydrogens is 258 g/mol. The molecule has 1 rings (SSSR count). The largest absolute Gasteiger partial charge is 0.396 e. The third-order valence-corrected chi connectivity index (χ3v) is 3.84. The van der Waals surface area contributed by atoms with E-state index < -0.39 is 0 Å². The molecule has 0 bridgehead atoms. The Morgan fingerprint density at radius 1 is 1.35 bits per heavy atom. The highest BCUT2D eigenvalue weighted by Gasteiger charge is 2.28. The monoisotopic (exact) mass is 285 g/mol. The van der Waals surface area contributed by atoms with E-state index in [1.54, 1.807) is 23.9 Å². The van der Waals surface area contributed by atoms with Crippen LogP contribution in [-0.4, -0.2) is 66.7 Å². The van der Waals surface area contributed by atoms with Crippen molar-refractivity contribution in [2.24, 2.45) is 5.92 Å². The maximum absolute atomic E-state index is 12.1. The first-order valence-electron chi connectivity index (χ1n) is 7.37. The second-order valence-electron chi connectivity index (χ2n) is 5.56. The summed E-state index contributed by atoms with van der Waals surface area (Å²) in [6.45, 7) is 3.35. The summed E-state index contributed by atoms with van der Waals surface area (Å²) in [7, 11) is 3.48. The molecule has 6 heteroatoms. The zero-order valence-electron chi connectivity index (χ0n) is 12.8. The van der Waals surface area contributed by atoms with E-state index in [-0.39, 0.29) is 30.5 Å². The number of amides is 3. The van der Waals surface area contributed by atoms with Crippen LogP contribution in [0.25, 0.3) is 0 Å². The standard InChI is InChI=1S/C14H27N3O3/c1-4-12(7-10-18)15-13(19)11-5-8-17(9-6-11)14(20)16(2)3/h11-12,18H,4-10H2,1-3H3,(H,15,19). The summed E-state index contributed by atoms with van der Waals surface area (Å²) in [4.78, 5) is 27.3. The minimum atomic E-state index is -0.0195. The Hall–Kier alpha value is -1.30. The Morgan fingerprint density at radius 3 is 2.40 bits per heavy atom. The molecule has 0 radical (unpaired) electrons. The lowest BCUT2D eigenvalue weighted by atomic mass is 9.95. The van der Waals surface area contributed by atoms with Gasteiger partial charge in [-0.05, 0) is 25.7 Å². The van der Waals surface area contributed by atoms with Crippen molar-refractivity contribution in [3.63, 3.8) is 0 Å². The number of rotatable bonds is 5. The number of aliphatic hydroxyl groups excluding tert-OH is 1. The molecule has 1 heterocycles. The van der Waals surface area contributed by atoms with Crippen LogP contribution in [0.4, 0.5) is 4.79 Å². The van der Waals surface area contributed by atoms with E-state index in [0.717, 1.165) is 6.42 Å². The number of aliphatic hydroxyl groups is 1. The number of nitrogens with one attached hydrogen (secondary N) is 1. The number of piperidine rings is 1. The molecule has 0 spiro atoms. The molecule has 1 fully saturated rings. The molecule has 1 atom stereocenters. The molecule has 0 aromatic rings. The molecular formula is C14H27N3O3. The Labute approximate surface area is 121 Å². The maximum atomic E-state index is 12.1. The van der Waals surface area contributed by atoms with Crippen LogP contribution in [0.15, 0.2) is 0 Å². The highest BCUT2D eigenvalue weighted by atomic mass is 16.3. The zero-order valence-corrected chi connectivity index (χ0v) is 12.8. The van der Waals surface area contributed by atoms with Crippen molar-refractivity contribution in [3.05, 3.63) is 0 Å². The molecule has 0 aliphatic carbocycles. The van der Waals surface area contributed by atoms with Crippen LogP contribution >= 0.6 is 0 Å². The minimum Gasteiger partial charge on any atom is -0.396 e. The lowest BCUT2D eigenvalue weighted by Crippen LogP contribution is -2.47. The van der Waals surface area contributed by atoms with Crippen LogP contribution in [-0.2, 0) is 4.79 Å². The fraction of sp³-hybridized carbons (Fsp3) is 0.857. The Balaban J connectivity index is 2.40. The molecule has 0 aromatic carbocycles. The Morgan fingerprint density at radius 2 is 1.95 bits per heavy atom. The molecule has 0 aromatic heterocycles. The number of carbonyl (C=O) groups excluding carboxylic acids is 2. The summed E-state index contributed by atoms with van der Waals surface area (Å²) >= 11 is 0. The van der Waals surface area contributed by atoms with Crippen LogP contribution in [0.5, 0.6) is 0 Å². The third kappa shape index (κ3) is 4.67. The fourth-order valence-electron chi connectivity index (χ4n) is 2.47. The van der Waals surface area contributed by atoms with E-state index in [9.17, 15) is 9.59 Å². The molecule has 6 nitrogen and oxygen atoms in total. The number of nitrogens with zero attached hydrogens (tertiary/aromatic N) is 2. The van der Waals surface area contributed by atoms with Gasteiger partial charge in [0.15, 0.2) is 0 Å². The summed E-state index contributed by atoms with van der Waals surface area (Å²) < 4.78 is 0. The molecule has 0 saturated carbocycles. The summed E-state index contributed by atoms with van der Waals surface area (Å²) in [5.74, 6) is 0.0382. The molecule has 1 unspecified atom stereocenters. The van der Waals surface area contributed by atoms with Gasteiger partial charge in [0.05, 0.1) is 0 Å². The molecule has 1 saturated heterocycles. The SMILES string of the molecule is CCC(CCO)NC(=O)C1CCN(C(=O)N(C)C)CC1. The highest BCUT2D eigenvalue weighted by molar-refractivity contribution is 5.79. The first-order valence-corrected chi connectivity index (χ1v) is 7.37. The van der Waals surface area contributed by atoms with Gasteiger partial charge in [0.1, 0.15) is 0 Å². The van der Waals surface area contributed by atoms with E-state index in [1.165, 1.54) is 0 Å². The van der Waals surface area contributed by atoms with Crippen LogP contribution in [0.3, 0.4) is 0 Å². The molecule has 2 N–H and O–H groups in total. The summed E-state index contributed by atoms with van der Waals surface area (Å²) in [5, 5.41) is 11.9. The number of urea groups is 1. The van der Waals surface area contributed by atoms with Gasteiger partial charge < -0.3 is 20.2 Å². The molecule has 3 amide bonds. The van der Waals surface area contributed by atoms with Crippen LogP contribution in [0.1, 0.15) is 32.6 Å². The average Bonchev–Trinajstić information content (AvgIpc) is 2.45. The van der Waals surface area contributed by atoms with Gasteiger partial charge in [-0.3, -0.25) is 4.79 Å². The molecule has 116 valence electrons. The normalized spacial score (nSPS) is 17.7. The predicted molar refractivity (Wildman–Crippen MR) is 77.3 cm³/mol. The highest BCUT2D eigenvalue weighted by Crippen LogP contribution is 2.18. The van der Waals surface area contributed by atoms with Crippen LogP contribution in [0.2, 0.25) is 0 Å². The molecule has 1 aliphatic rings. The van der Waals surface area contributed by atoms with Crippen molar-refractivity contribution in [2.45, 2.75) is 38.6 Å². The first-order chi connectivity index (χ1) is 9.49. The van der Waals surface area contributed by atoms with Crippen molar-refractivity contribution in [1.82, 2.24) is 15.1 Å². The van der Waals surface area contributed by atoms with Gasteiger partial charge in [-0.2, -0.15) is 0 Å². The second-order valence-corrected chi connectivity index (χ2v) is 5.56. The van der Waals surface area contributed by atoms with E-state index in [2.05, 4.69) is 5.32 Å². The van der Waals surface area contributed by atoms with Crippen molar-refractivity contribution >= 4 is 11.9 Å². The minimum absolute atomic E-state index is 0.00979. The number of hydrogen-bond donors (Lipinski definition) is 2. The van der Waals surface area contributed by atoms with Gasteiger partial charge in [-0.1, -0.05) is 6.92 Å². The Kier molecular flexibility index (Phi) is 6.78. The van der Waals surface area contributed by atoms with E-state index in [1.807, 2.05) is 6.92 Å². The van der Waals surface area contributed by atoms with Crippen molar-refractivity contribution in [1.29, 1.82) is 0 Å². The maximum Gasteiger partial charge on any atom is 0.319 e.